The summed E-state index contributed by atoms with van der Waals surface area (Å²) in [4.78, 5) is 11.4. The van der Waals surface area contributed by atoms with Gasteiger partial charge in [0.1, 0.15) is 5.41 Å². The summed E-state index contributed by atoms with van der Waals surface area (Å²) in [6.45, 7) is 6.01. The van der Waals surface area contributed by atoms with Crippen LogP contribution in [0.5, 0.6) is 0 Å². The number of carbonyl (C=O) groups is 1. The number of hydrogen-bond acceptors (Lipinski definition) is 3. The summed E-state index contributed by atoms with van der Waals surface area (Å²) in [5.41, 5.74) is 0.0710. The summed E-state index contributed by atoms with van der Waals surface area (Å²) in [7, 11) is 0. The summed E-state index contributed by atoms with van der Waals surface area (Å²) >= 11 is 0. The van der Waals surface area contributed by atoms with E-state index in [0.717, 1.165) is 5.56 Å². The van der Waals surface area contributed by atoms with Gasteiger partial charge in [0.05, 0.1) is 12.7 Å². The highest BCUT2D eigenvalue weighted by Gasteiger charge is 2.33. The summed E-state index contributed by atoms with van der Waals surface area (Å²) in [6, 6.07) is 11.8. The molecule has 3 nitrogen and oxygen atoms in total. The maximum Gasteiger partial charge on any atom is 0.330 e. The van der Waals surface area contributed by atoms with Crippen LogP contribution in [0.15, 0.2) is 42.5 Å². The number of nitrogens with zero attached hydrogens (tertiary/aromatic N) is 1. The molecule has 1 atom stereocenters. The van der Waals surface area contributed by atoms with Crippen LogP contribution in [-0.2, 0) is 14.9 Å². The molecule has 0 saturated heterocycles. The number of esters is 1. The van der Waals surface area contributed by atoms with E-state index in [2.05, 4.69) is 6.07 Å². The third kappa shape index (κ3) is 3.45. The van der Waals surface area contributed by atoms with Crippen LogP contribution >= 0.6 is 0 Å². The fourth-order valence-electron chi connectivity index (χ4n) is 1.96. The van der Waals surface area contributed by atoms with Gasteiger partial charge in [-0.25, -0.2) is 4.79 Å². The van der Waals surface area contributed by atoms with E-state index in [1.54, 1.807) is 13.0 Å². The molecule has 0 saturated carbocycles. The Morgan fingerprint density at radius 1 is 1.42 bits per heavy atom. The van der Waals surface area contributed by atoms with Gasteiger partial charge in [-0.2, -0.15) is 5.26 Å². The normalized spacial score (nSPS) is 14.1. The minimum atomic E-state index is -0.811. The smallest absolute Gasteiger partial charge is 0.330 e. The molecule has 0 fully saturated rings. The lowest BCUT2D eigenvalue weighted by atomic mass is 9.72. The van der Waals surface area contributed by atoms with Gasteiger partial charge in [0, 0.05) is 6.08 Å². The molecular formula is C16H19NO2. The van der Waals surface area contributed by atoms with Gasteiger partial charge in [-0.05, 0) is 18.4 Å². The number of benzene rings is 1. The van der Waals surface area contributed by atoms with Crippen LogP contribution in [0.2, 0.25) is 0 Å². The first-order valence-electron chi connectivity index (χ1n) is 6.39. The minimum Gasteiger partial charge on any atom is -0.463 e. The number of nitriles is 1. The number of allylic oxidation sites excluding steroid dienone is 1. The second-order valence-electron chi connectivity index (χ2n) is 4.59. The lowest BCUT2D eigenvalue weighted by Gasteiger charge is -2.27. The van der Waals surface area contributed by atoms with E-state index in [9.17, 15) is 10.1 Å². The molecule has 100 valence electrons. The van der Waals surface area contributed by atoms with Gasteiger partial charge in [0.2, 0.25) is 0 Å². The third-order valence-corrected chi connectivity index (χ3v) is 3.12. The van der Waals surface area contributed by atoms with Crippen LogP contribution in [0.4, 0.5) is 0 Å². The van der Waals surface area contributed by atoms with Crippen molar-refractivity contribution in [3.8, 4) is 6.07 Å². The Labute approximate surface area is 114 Å². The Kier molecular flexibility index (Phi) is 5.32. The maximum atomic E-state index is 11.4. The number of ether oxygens (including phenoxy) is 1. The Balaban J connectivity index is 3.16. The van der Waals surface area contributed by atoms with Crippen molar-refractivity contribution in [2.24, 2.45) is 5.92 Å². The van der Waals surface area contributed by atoms with Crippen molar-refractivity contribution in [1.82, 2.24) is 0 Å². The van der Waals surface area contributed by atoms with E-state index in [0.29, 0.717) is 6.61 Å². The van der Waals surface area contributed by atoms with Crippen LogP contribution in [0, 0.1) is 17.2 Å². The van der Waals surface area contributed by atoms with Crippen molar-refractivity contribution in [1.29, 1.82) is 5.26 Å². The average Bonchev–Trinajstić information content (AvgIpc) is 2.41. The van der Waals surface area contributed by atoms with Crippen LogP contribution in [0.25, 0.3) is 0 Å². The lowest BCUT2D eigenvalue weighted by Crippen LogP contribution is -2.28. The van der Waals surface area contributed by atoms with E-state index in [1.165, 1.54) is 6.08 Å². The predicted octanol–water partition coefficient (Wildman–Crippen LogP) is 3.22. The zero-order chi connectivity index (χ0) is 14.3. The summed E-state index contributed by atoms with van der Waals surface area (Å²) in [5, 5.41) is 9.59. The van der Waals surface area contributed by atoms with Crippen molar-refractivity contribution < 1.29 is 9.53 Å². The van der Waals surface area contributed by atoms with E-state index in [-0.39, 0.29) is 5.92 Å². The van der Waals surface area contributed by atoms with Gasteiger partial charge < -0.3 is 4.74 Å². The van der Waals surface area contributed by atoms with E-state index < -0.39 is 11.4 Å². The van der Waals surface area contributed by atoms with Crippen LogP contribution in [-0.4, -0.2) is 12.6 Å². The van der Waals surface area contributed by atoms with Gasteiger partial charge in [-0.3, -0.25) is 0 Å². The van der Waals surface area contributed by atoms with Crippen molar-refractivity contribution in [2.45, 2.75) is 26.2 Å². The largest absolute Gasteiger partial charge is 0.463 e. The van der Waals surface area contributed by atoms with Crippen LogP contribution in [0.3, 0.4) is 0 Å². The topological polar surface area (TPSA) is 50.1 Å². The zero-order valence-corrected chi connectivity index (χ0v) is 11.6. The standard InChI is InChI=1S/C16H19NO2/c1-4-19-15(18)10-11-16(12-17,13(2)3)14-8-6-5-7-9-14/h5-11,13H,4H2,1-3H3/b11-10+. The van der Waals surface area contributed by atoms with Crippen LogP contribution in [0.1, 0.15) is 26.3 Å². The molecule has 0 heterocycles. The molecule has 0 aliphatic heterocycles. The van der Waals surface area contributed by atoms with E-state index >= 15 is 0 Å². The number of hydrogen-bond donors (Lipinski definition) is 0. The van der Waals surface area contributed by atoms with Gasteiger partial charge in [0.15, 0.2) is 0 Å². The summed E-state index contributed by atoms with van der Waals surface area (Å²) in [5.74, 6) is -0.371. The molecule has 1 aromatic carbocycles. The Morgan fingerprint density at radius 3 is 2.53 bits per heavy atom. The zero-order valence-electron chi connectivity index (χ0n) is 11.6. The van der Waals surface area contributed by atoms with E-state index in [1.807, 2.05) is 44.2 Å². The number of carbonyl (C=O) groups excluding carboxylic acids is 1. The molecular weight excluding hydrogens is 238 g/mol. The molecule has 0 aromatic heterocycles. The van der Waals surface area contributed by atoms with Gasteiger partial charge in [-0.15, -0.1) is 0 Å². The fourth-order valence-corrected chi connectivity index (χ4v) is 1.96. The second-order valence-corrected chi connectivity index (χ2v) is 4.59. The molecule has 0 N–H and O–H groups in total. The molecule has 0 aliphatic carbocycles. The van der Waals surface area contributed by atoms with Crippen molar-refractivity contribution >= 4 is 5.97 Å². The van der Waals surface area contributed by atoms with Crippen molar-refractivity contribution in [2.75, 3.05) is 6.61 Å². The highest BCUT2D eigenvalue weighted by atomic mass is 16.5. The molecule has 1 unspecified atom stereocenters. The molecule has 3 heteroatoms. The Hall–Kier alpha value is -2.08. The van der Waals surface area contributed by atoms with Gasteiger partial charge in [0.25, 0.3) is 0 Å². The first kappa shape index (κ1) is 15.0. The first-order chi connectivity index (χ1) is 9.06. The number of rotatable bonds is 5. The van der Waals surface area contributed by atoms with E-state index in [4.69, 9.17) is 4.74 Å². The predicted molar refractivity (Wildman–Crippen MR) is 74.3 cm³/mol. The van der Waals surface area contributed by atoms with Crippen molar-refractivity contribution in [3.05, 3.63) is 48.0 Å². The molecule has 0 aliphatic rings. The SMILES string of the molecule is CCOC(=O)/C=C/C(C#N)(c1ccccc1)C(C)C. The van der Waals surface area contributed by atoms with Crippen LogP contribution < -0.4 is 0 Å². The Morgan fingerprint density at radius 2 is 2.05 bits per heavy atom. The fraction of sp³-hybridized carbons (Fsp3) is 0.375. The Bertz CT molecular complexity index is 485. The molecule has 0 radical (unpaired) electrons. The second kappa shape index (κ2) is 6.75. The molecule has 0 spiro atoms. The monoisotopic (exact) mass is 257 g/mol. The quantitative estimate of drug-likeness (QED) is 0.601. The highest BCUT2D eigenvalue weighted by molar-refractivity contribution is 5.82. The van der Waals surface area contributed by atoms with Gasteiger partial charge >= 0.3 is 5.97 Å². The third-order valence-electron chi connectivity index (χ3n) is 3.12. The summed E-state index contributed by atoms with van der Waals surface area (Å²) in [6.07, 6.45) is 2.99. The molecule has 19 heavy (non-hydrogen) atoms. The van der Waals surface area contributed by atoms with Crippen molar-refractivity contribution in [3.63, 3.8) is 0 Å². The highest BCUT2D eigenvalue weighted by Crippen LogP contribution is 2.33. The average molecular weight is 257 g/mol. The van der Waals surface area contributed by atoms with Gasteiger partial charge in [-0.1, -0.05) is 50.3 Å². The summed E-state index contributed by atoms with van der Waals surface area (Å²) < 4.78 is 4.86. The molecule has 1 rings (SSSR count). The molecule has 0 amide bonds. The minimum absolute atomic E-state index is 0.0468. The maximum absolute atomic E-state index is 11.4. The molecule has 0 bridgehead atoms. The molecule has 1 aromatic rings. The lowest BCUT2D eigenvalue weighted by molar-refractivity contribution is -0.137. The first-order valence-corrected chi connectivity index (χ1v) is 6.39.